The zero-order chi connectivity index (χ0) is 23.9. The Labute approximate surface area is 200 Å². The van der Waals surface area contributed by atoms with Crippen molar-refractivity contribution >= 4 is 12.0 Å². The molecule has 0 spiro atoms. The number of carbonyl (C=O) groups excluding carboxylic acids is 2. The van der Waals surface area contributed by atoms with Crippen molar-refractivity contribution in [2.75, 3.05) is 13.1 Å². The van der Waals surface area contributed by atoms with E-state index < -0.39 is 18.2 Å². The minimum Gasteiger partial charge on any atom is -0.445 e. The molecule has 176 valence electrons. The van der Waals surface area contributed by atoms with E-state index in [0.717, 1.165) is 16.7 Å². The fourth-order valence-corrected chi connectivity index (χ4v) is 4.53. The molecule has 0 aromatic heterocycles. The number of nitrogens with zero attached hydrogens (tertiary/aromatic N) is 2. The third kappa shape index (κ3) is 5.29. The van der Waals surface area contributed by atoms with Gasteiger partial charge in [0, 0.05) is 13.0 Å². The van der Waals surface area contributed by atoms with Crippen molar-refractivity contribution in [3.05, 3.63) is 108 Å². The monoisotopic (exact) mass is 458 g/mol. The molecule has 1 N–H and O–H groups in total. The number of likely N-dealkylation sites (N-methyl/N-ethyl adjacent to an activating group) is 1. The summed E-state index contributed by atoms with van der Waals surface area (Å²) in [7, 11) is 0. The summed E-state index contributed by atoms with van der Waals surface area (Å²) in [6.07, 6.45) is -1.18. The summed E-state index contributed by atoms with van der Waals surface area (Å²) >= 11 is 0. The van der Waals surface area contributed by atoms with Crippen LogP contribution in [0.15, 0.2) is 91.0 Å². The summed E-state index contributed by atoms with van der Waals surface area (Å²) in [4.78, 5) is 29.9. The van der Waals surface area contributed by atoms with Crippen LogP contribution in [-0.4, -0.2) is 52.1 Å². The van der Waals surface area contributed by atoms with Crippen molar-refractivity contribution in [3.63, 3.8) is 0 Å². The molecule has 1 fully saturated rings. The van der Waals surface area contributed by atoms with E-state index in [-0.39, 0.29) is 31.5 Å². The Bertz CT molecular complexity index is 1040. The molecule has 1 aliphatic rings. The summed E-state index contributed by atoms with van der Waals surface area (Å²) < 4.78 is 5.49. The molecule has 1 saturated heterocycles. The summed E-state index contributed by atoms with van der Waals surface area (Å²) in [6, 6.07) is 28.0. The van der Waals surface area contributed by atoms with Crippen molar-refractivity contribution in [1.29, 1.82) is 0 Å². The van der Waals surface area contributed by atoms with Crippen LogP contribution in [0, 0.1) is 0 Å². The maximum absolute atomic E-state index is 13.9. The molecule has 2 atom stereocenters. The second-order valence-corrected chi connectivity index (χ2v) is 8.45. The highest BCUT2D eigenvalue weighted by Crippen LogP contribution is 2.31. The van der Waals surface area contributed by atoms with Crippen molar-refractivity contribution in [3.8, 4) is 0 Å². The van der Waals surface area contributed by atoms with Gasteiger partial charge in [-0.3, -0.25) is 9.69 Å². The van der Waals surface area contributed by atoms with Crippen LogP contribution in [0.3, 0.4) is 0 Å². The van der Waals surface area contributed by atoms with Gasteiger partial charge in [-0.2, -0.15) is 0 Å². The molecule has 34 heavy (non-hydrogen) atoms. The number of hydrogen-bond acceptors (Lipinski definition) is 4. The van der Waals surface area contributed by atoms with Crippen molar-refractivity contribution in [2.45, 2.75) is 38.1 Å². The molecule has 4 rings (SSSR count). The SMILES string of the molecule is CCN(C(=O)[C@@H]1CC(O)CN1C(=O)OCc1ccccc1)C(c1ccccc1)c1ccccc1. The number of benzene rings is 3. The Morgan fingerprint density at radius 2 is 1.47 bits per heavy atom. The van der Waals surface area contributed by atoms with E-state index in [1.54, 1.807) is 4.90 Å². The van der Waals surface area contributed by atoms with Gasteiger partial charge in [-0.1, -0.05) is 91.0 Å². The van der Waals surface area contributed by atoms with Crippen LogP contribution in [0.4, 0.5) is 4.79 Å². The predicted molar refractivity (Wildman–Crippen MR) is 130 cm³/mol. The second-order valence-electron chi connectivity index (χ2n) is 8.45. The van der Waals surface area contributed by atoms with E-state index in [1.165, 1.54) is 4.90 Å². The van der Waals surface area contributed by atoms with Crippen LogP contribution in [0.2, 0.25) is 0 Å². The quantitative estimate of drug-likeness (QED) is 0.570. The van der Waals surface area contributed by atoms with Gasteiger partial charge in [0.25, 0.3) is 0 Å². The molecule has 0 radical (unpaired) electrons. The lowest BCUT2D eigenvalue weighted by Crippen LogP contribution is -2.49. The van der Waals surface area contributed by atoms with Crippen LogP contribution in [0.5, 0.6) is 0 Å². The second kappa shape index (κ2) is 11.0. The third-order valence-corrected chi connectivity index (χ3v) is 6.17. The largest absolute Gasteiger partial charge is 0.445 e. The standard InChI is InChI=1S/C28H30N2O4/c1-2-29(26(22-14-8-4-9-15-22)23-16-10-5-11-17-23)27(32)25-18-24(31)19-30(25)28(33)34-20-21-12-6-3-7-13-21/h3-17,24-26,31H,2,18-20H2,1H3/t24?,25-/m0/s1. The first-order valence-electron chi connectivity index (χ1n) is 11.6. The molecule has 6 heteroatoms. The number of aliphatic hydroxyl groups excluding tert-OH is 1. The first-order valence-corrected chi connectivity index (χ1v) is 11.6. The number of carbonyl (C=O) groups is 2. The third-order valence-electron chi connectivity index (χ3n) is 6.17. The fourth-order valence-electron chi connectivity index (χ4n) is 4.53. The molecule has 1 aliphatic heterocycles. The van der Waals surface area contributed by atoms with Gasteiger partial charge in [0.15, 0.2) is 0 Å². The Balaban J connectivity index is 1.58. The molecule has 6 nitrogen and oxygen atoms in total. The lowest BCUT2D eigenvalue weighted by Gasteiger charge is -2.35. The van der Waals surface area contributed by atoms with E-state index in [2.05, 4.69) is 0 Å². The number of ether oxygens (including phenoxy) is 1. The normalized spacial score (nSPS) is 17.6. The van der Waals surface area contributed by atoms with Crippen LogP contribution in [0.25, 0.3) is 0 Å². The van der Waals surface area contributed by atoms with E-state index in [4.69, 9.17) is 4.74 Å². The highest BCUT2D eigenvalue weighted by atomic mass is 16.6. The highest BCUT2D eigenvalue weighted by molar-refractivity contribution is 5.87. The molecule has 1 unspecified atom stereocenters. The highest BCUT2D eigenvalue weighted by Gasteiger charge is 2.43. The van der Waals surface area contributed by atoms with Crippen molar-refractivity contribution in [1.82, 2.24) is 9.80 Å². The Morgan fingerprint density at radius 3 is 2.00 bits per heavy atom. The van der Waals surface area contributed by atoms with E-state index in [9.17, 15) is 14.7 Å². The van der Waals surface area contributed by atoms with Crippen LogP contribution in [-0.2, 0) is 16.1 Å². The molecule has 2 amide bonds. The van der Waals surface area contributed by atoms with E-state index in [0.29, 0.717) is 6.54 Å². The Morgan fingerprint density at radius 1 is 0.941 bits per heavy atom. The lowest BCUT2D eigenvalue weighted by atomic mass is 9.96. The first kappa shape index (κ1) is 23.5. The van der Waals surface area contributed by atoms with Crippen LogP contribution >= 0.6 is 0 Å². The minimum absolute atomic E-state index is 0.0723. The van der Waals surface area contributed by atoms with Gasteiger partial charge in [-0.05, 0) is 23.6 Å². The first-order chi connectivity index (χ1) is 16.6. The summed E-state index contributed by atoms with van der Waals surface area (Å²) in [6.45, 7) is 2.57. The molecule has 0 saturated carbocycles. The fraction of sp³-hybridized carbons (Fsp3) is 0.286. The van der Waals surface area contributed by atoms with Gasteiger partial charge in [-0.15, -0.1) is 0 Å². The molecular weight excluding hydrogens is 428 g/mol. The average Bonchev–Trinajstić information content (AvgIpc) is 3.28. The number of amides is 2. The number of aliphatic hydroxyl groups is 1. The minimum atomic E-state index is -0.784. The van der Waals surface area contributed by atoms with Gasteiger partial charge < -0.3 is 14.7 Å². The molecular formula is C28H30N2O4. The summed E-state index contributed by atoms with van der Waals surface area (Å²) in [5.41, 5.74) is 2.84. The number of rotatable bonds is 7. The molecule has 1 heterocycles. The maximum Gasteiger partial charge on any atom is 0.410 e. The van der Waals surface area contributed by atoms with Gasteiger partial charge in [0.2, 0.25) is 5.91 Å². The Hall–Kier alpha value is -3.64. The number of β-amino-alcohol motifs (C(OH)–C–C–N with tert-alkyl or cyclic N) is 1. The topological polar surface area (TPSA) is 70.1 Å². The summed E-state index contributed by atoms with van der Waals surface area (Å²) in [5.74, 6) is -0.201. The lowest BCUT2D eigenvalue weighted by molar-refractivity contribution is -0.137. The molecule has 3 aromatic carbocycles. The maximum atomic E-state index is 13.9. The van der Waals surface area contributed by atoms with Gasteiger partial charge >= 0.3 is 6.09 Å². The molecule has 3 aromatic rings. The van der Waals surface area contributed by atoms with Gasteiger partial charge in [0.05, 0.1) is 18.7 Å². The van der Waals surface area contributed by atoms with Crippen LogP contribution < -0.4 is 0 Å². The predicted octanol–water partition coefficient (Wildman–Crippen LogP) is 4.40. The molecule has 0 aliphatic carbocycles. The van der Waals surface area contributed by atoms with E-state index in [1.807, 2.05) is 97.9 Å². The number of likely N-dealkylation sites (tertiary alicyclic amines) is 1. The van der Waals surface area contributed by atoms with Crippen LogP contribution in [0.1, 0.15) is 36.1 Å². The smallest absolute Gasteiger partial charge is 0.410 e. The van der Waals surface area contributed by atoms with Gasteiger partial charge in [0.1, 0.15) is 12.6 Å². The average molecular weight is 459 g/mol. The van der Waals surface area contributed by atoms with E-state index >= 15 is 0 Å². The van der Waals surface area contributed by atoms with Crippen molar-refractivity contribution in [2.24, 2.45) is 0 Å². The Kier molecular flexibility index (Phi) is 7.60. The van der Waals surface area contributed by atoms with Gasteiger partial charge in [-0.25, -0.2) is 4.79 Å². The molecule has 0 bridgehead atoms. The number of hydrogen-bond donors (Lipinski definition) is 1. The van der Waals surface area contributed by atoms with Crippen molar-refractivity contribution < 1.29 is 19.4 Å². The zero-order valence-electron chi connectivity index (χ0n) is 19.3. The zero-order valence-corrected chi connectivity index (χ0v) is 19.3. The summed E-state index contributed by atoms with van der Waals surface area (Å²) in [5, 5.41) is 10.4.